The van der Waals surface area contributed by atoms with Crippen LogP contribution in [0.25, 0.3) is 0 Å². The fourth-order valence-electron chi connectivity index (χ4n) is 11.0. The summed E-state index contributed by atoms with van der Waals surface area (Å²) in [5.74, 6) is -2.04. The molecule has 0 aromatic carbocycles. The summed E-state index contributed by atoms with van der Waals surface area (Å²) in [7, 11) is 6.29. The maximum absolute atomic E-state index is 12.6. The number of methoxy groups -OCH3 is 4. The zero-order valence-electron chi connectivity index (χ0n) is 21.2. The Morgan fingerprint density at radius 1 is 0.943 bits per heavy atom. The van der Waals surface area contributed by atoms with Gasteiger partial charge in [-0.1, -0.05) is 6.92 Å². The van der Waals surface area contributed by atoms with Gasteiger partial charge < -0.3 is 44.5 Å². The summed E-state index contributed by atoms with van der Waals surface area (Å²) in [4.78, 5) is 2.29. The predicted molar refractivity (Wildman–Crippen MR) is 121 cm³/mol. The fraction of sp³-hybridized carbons (Fsp3) is 1.00. The molecular formula is C25H41NO9. The van der Waals surface area contributed by atoms with Gasteiger partial charge in [-0.3, -0.25) is 4.90 Å². The third kappa shape index (κ3) is 2.35. The summed E-state index contributed by atoms with van der Waals surface area (Å²) in [6, 6.07) is -0.240. The van der Waals surface area contributed by atoms with Crippen LogP contribution >= 0.6 is 0 Å². The lowest BCUT2D eigenvalue weighted by Gasteiger charge is -2.70. The number of hydrogen-bond acceptors (Lipinski definition) is 10. The Bertz CT molecular complexity index is 878. The quantitative estimate of drug-likeness (QED) is 0.285. The van der Waals surface area contributed by atoms with Crippen LogP contribution < -0.4 is 0 Å². The van der Waals surface area contributed by atoms with Crippen LogP contribution in [0.1, 0.15) is 19.8 Å². The van der Waals surface area contributed by atoms with Gasteiger partial charge in [-0.05, 0) is 18.9 Å². The Morgan fingerprint density at radius 2 is 1.66 bits per heavy atom. The summed E-state index contributed by atoms with van der Waals surface area (Å²) in [6.07, 6.45) is -4.95. The molecule has 0 aromatic heterocycles. The van der Waals surface area contributed by atoms with Crippen molar-refractivity contribution in [1.29, 1.82) is 0 Å². The number of fused-ring (bicyclic) bond motifs is 2. The molecule has 15 atom stereocenters. The van der Waals surface area contributed by atoms with Gasteiger partial charge in [0.1, 0.15) is 23.4 Å². The van der Waals surface area contributed by atoms with Crippen molar-refractivity contribution in [3.63, 3.8) is 0 Å². The number of likely N-dealkylation sites (tertiary alicyclic amines) is 1. The second kappa shape index (κ2) is 7.59. The fourth-order valence-corrected chi connectivity index (χ4v) is 11.0. The van der Waals surface area contributed by atoms with Gasteiger partial charge in [0.05, 0.1) is 31.0 Å². The smallest absolute Gasteiger partial charge is 0.120 e. The molecule has 35 heavy (non-hydrogen) atoms. The molecule has 6 rings (SSSR count). The molecule has 1 saturated heterocycles. The first kappa shape index (κ1) is 24.9. The van der Waals surface area contributed by atoms with Gasteiger partial charge in [-0.25, -0.2) is 0 Å². The summed E-state index contributed by atoms with van der Waals surface area (Å²) in [5.41, 5.74) is -4.81. The average molecular weight is 500 g/mol. The zero-order valence-corrected chi connectivity index (χ0v) is 21.2. The lowest BCUT2D eigenvalue weighted by molar-refractivity contribution is -0.320. The maximum atomic E-state index is 12.6. The average Bonchev–Trinajstić information content (AvgIpc) is 3.19. The maximum Gasteiger partial charge on any atom is 0.120 e. The van der Waals surface area contributed by atoms with E-state index in [0.717, 1.165) is 0 Å². The van der Waals surface area contributed by atoms with Gasteiger partial charge >= 0.3 is 0 Å². The lowest BCUT2D eigenvalue weighted by Crippen LogP contribution is -2.81. The number of ether oxygens (including phenoxy) is 4. The molecule has 5 aliphatic carbocycles. The van der Waals surface area contributed by atoms with Gasteiger partial charge in [0.2, 0.25) is 0 Å². The molecule has 1 heterocycles. The van der Waals surface area contributed by atoms with E-state index in [-0.39, 0.29) is 18.4 Å². The molecule has 0 radical (unpaired) electrons. The minimum Gasteiger partial charge on any atom is -0.392 e. The van der Waals surface area contributed by atoms with Crippen LogP contribution in [-0.2, 0) is 18.9 Å². The van der Waals surface area contributed by atoms with E-state index in [1.54, 1.807) is 21.3 Å². The summed E-state index contributed by atoms with van der Waals surface area (Å²) in [6.45, 7) is 3.58. The van der Waals surface area contributed by atoms with Gasteiger partial charge in [0.15, 0.2) is 0 Å². The highest BCUT2D eigenvalue weighted by atomic mass is 16.5. The van der Waals surface area contributed by atoms with Crippen molar-refractivity contribution in [2.45, 2.75) is 73.6 Å². The number of rotatable bonds is 6. The molecule has 10 heteroatoms. The Balaban J connectivity index is 1.68. The molecule has 10 nitrogen and oxygen atoms in total. The third-order valence-corrected chi connectivity index (χ3v) is 11.7. The Morgan fingerprint density at radius 3 is 2.23 bits per heavy atom. The van der Waals surface area contributed by atoms with Crippen molar-refractivity contribution in [3.05, 3.63) is 0 Å². The molecule has 0 amide bonds. The summed E-state index contributed by atoms with van der Waals surface area (Å²) < 4.78 is 23.7. The first-order chi connectivity index (χ1) is 16.6. The SMILES string of the molecule is CCN1C[C@]2(COC)C(O)CC(OC)C34[C@@H]5CC6(O)C(O)[C@@H]5[C@](O)(C(O)[C@@H]6OC)[C@@H](C(OC)[C@@H]32)[C@H]14. The minimum atomic E-state index is -1.76. The number of aliphatic hydroxyl groups is 5. The van der Waals surface area contributed by atoms with E-state index in [2.05, 4.69) is 11.8 Å². The number of piperidine rings is 1. The predicted octanol–water partition coefficient (Wildman–Crippen LogP) is -1.79. The van der Waals surface area contributed by atoms with Crippen LogP contribution in [-0.4, -0.2) is 132 Å². The third-order valence-electron chi connectivity index (χ3n) is 11.7. The highest BCUT2D eigenvalue weighted by Crippen LogP contribution is 2.79. The van der Waals surface area contributed by atoms with E-state index in [1.807, 2.05) is 0 Å². The van der Waals surface area contributed by atoms with Crippen LogP contribution in [0.2, 0.25) is 0 Å². The minimum absolute atomic E-state index is 0.156. The highest BCUT2D eigenvalue weighted by molar-refractivity contribution is 5.39. The molecule has 5 saturated carbocycles. The monoisotopic (exact) mass is 499 g/mol. The van der Waals surface area contributed by atoms with Crippen LogP contribution in [0.5, 0.6) is 0 Å². The molecular weight excluding hydrogens is 458 g/mol. The largest absolute Gasteiger partial charge is 0.392 e. The summed E-state index contributed by atoms with van der Waals surface area (Å²) in [5, 5.41) is 59.3. The molecule has 1 aliphatic heterocycles. The second-order valence-electron chi connectivity index (χ2n) is 12.1. The Hall–Kier alpha value is -0.400. The van der Waals surface area contributed by atoms with Crippen LogP contribution in [0.15, 0.2) is 0 Å². The van der Waals surface area contributed by atoms with Crippen molar-refractivity contribution in [3.8, 4) is 0 Å². The van der Waals surface area contributed by atoms with E-state index in [4.69, 9.17) is 18.9 Å². The highest BCUT2D eigenvalue weighted by Gasteiger charge is 2.90. The van der Waals surface area contributed by atoms with Crippen molar-refractivity contribution in [2.75, 3.05) is 48.1 Å². The van der Waals surface area contributed by atoms with Gasteiger partial charge in [0.25, 0.3) is 0 Å². The molecule has 1 spiro atoms. The van der Waals surface area contributed by atoms with Crippen molar-refractivity contribution in [1.82, 2.24) is 4.90 Å². The van der Waals surface area contributed by atoms with E-state index < -0.39 is 76.4 Å². The Labute approximate surface area is 206 Å². The molecule has 6 aliphatic rings. The van der Waals surface area contributed by atoms with Gasteiger partial charge in [0, 0.05) is 76.0 Å². The van der Waals surface area contributed by atoms with Crippen molar-refractivity contribution >= 4 is 0 Å². The first-order valence-electron chi connectivity index (χ1n) is 12.9. The Kier molecular flexibility index (Phi) is 5.40. The summed E-state index contributed by atoms with van der Waals surface area (Å²) >= 11 is 0. The lowest BCUT2D eigenvalue weighted by atomic mass is 9.42. The first-order valence-corrected chi connectivity index (χ1v) is 12.9. The van der Waals surface area contributed by atoms with Crippen molar-refractivity contribution in [2.24, 2.45) is 34.5 Å². The molecule has 200 valence electrons. The standard InChI is InChI=1S/C25H41NO9/c1-6-26-9-22(10-32-2)12(27)7-13(33-3)24-11-8-23(30)19(28)14(11)25(31,20(29)21(23)35-5)15(18(24)26)16(34-4)17(22)24/h11-21,27-31H,6-10H2,1-5H3/t11-,12?,13?,14-,15+,16?,17-,18+,19?,20?,21+,22+,23?,24?,25-/m1/s1. The molecule has 7 unspecified atom stereocenters. The normalized spacial score (nSPS) is 62.4. The van der Waals surface area contributed by atoms with Crippen molar-refractivity contribution < 1.29 is 44.5 Å². The van der Waals surface area contributed by atoms with Crippen LogP contribution in [0, 0.1) is 34.5 Å². The van der Waals surface area contributed by atoms with Gasteiger partial charge in [-0.15, -0.1) is 0 Å². The molecule has 5 N–H and O–H groups in total. The molecule has 7 bridgehead atoms. The van der Waals surface area contributed by atoms with Gasteiger partial charge in [-0.2, -0.15) is 0 Å². The number of nitrogens with zero attached hydrogens (tertiary/aromatic N) is 1. The van der Waals surface area contributed by atoms with E-state index >= 15 is 0 Å². The number of hydrogen-bond donors (Lipinski definition) is 5. The number of aliphatic hydroxyl groups excluding tert-OH is 3. The van der Waals surface area contributed by atoms with E-state index in [1.165, 1.54) is 7.11 Å². The second-order valence-corrected chi connectivity index (χ2v) is 12.1. The van der Waals surface area contributed by atoms with Crippen LogP contribution in [0.4, 0.5) is 0 Å². The molecule has 6 fully saturated rings. The molecule has 0 aromatic rings. The van der Waals surface area contributed by atoms with Crippen LogP contribution in [0.3, 0.4) is 0 Å². The van der Waals surface area contributed by atoms with E-state index in [0.29, 0.717) is 26.1 Å². The van der Waals surface area contributed by atoms with E-state index in [9.17, 15) is 25.5 Å². The zero-order chi connectivity index (χ0) is 25.3. The topological polar surface area (TPSA) is 141 Å².